The third kappa shape index (κ3) is 4.61. The monoisotopic (exact) mass is 253 g/mol. The molecule has 0 unspecified atom stereocenters. The summed E-state index contributed by atoms with van der Waals surface area (Å²) in [5, 5.41) is 2.80. The lowest BCUT2D eigenvalue weighted by Crippen LogP contribution is -2.26. The number of thioether (sulfide) groups is 1. The zero-order valence-corrected chi connectivity index (χ0v) is 10.6. The summed E-state index contributed by atoms with van der Waals surface area (Å²) in [6, 6.07) is 4.17. The zero-order chi connectivity index (χ0) is 12.7. The zero-order valence-electron chi connectivity index (χ0n) is 9.83. The van der Waals surface area contributed by atoms with E-state index in [0.717, 1.165) is 11.5 Å². The second-order valence-corrected chi connectivity index (χ2v) is 4.73. The van der Waals surface area contributed by atoms with Crippen molar-refractivity contribution >= 4 is 17.7 Å². The third-order valence-corrected chi connectivity index (χ3v) is 3.16. The molecule has 4 heteroatoms. The summed E-state index contributed by atoms with van der Waals surface area (Å²) in [5.74, 6) is 1.26. The molecule has 0 radical (unpaired) electrons. The molecule has 1 N–H and O–H groups in total. The van der Waals surface area contributed by atoms with Crippen LogP contribution in [0.4, 0.5) is 4.39 Å². The molecule has 0 aromatic heterocycles. The van der Waals surface area contributed by atoms with Gasteiger partial charge in [-0.3, -0.25) is 4.79 Å². The molecule has 0 spiro atoms. The van der Waals surface area contributed by atoms with Gasteiger partial charge in [0.1, 0.15) is 5.82 Å². The SMILES string of the molecule is C=CCSCCNC(=O)c1ccc(F)cc1C. The Labute approximate surface area is 105 Å². The van der Waals surface area contributed by atoms with Crippen molar-refractivity contribution in [2.24, 2.45) is 0 Å². The maximum absolute atomic E-state index is 12.9. The minimum atomic E-state index is -0.319. The maximum Gasteiger partial charge on any atom is 0.251 e. The summed E-state index contributed by atoms with van der Waals surface area (Å²) in [4.78, 5) is 11.7. The Morgan fingerprint density at radius 2 is 2.35 bits per heavy atom. The molecule has 0 saturated carbocycles. The number of halogens is 1. The normalized spacial score (nSPS) is 10.0. The van der Waals surface area contributed by atoms with Crippen molar-refractivity contribution in [3.63, 3.8) is 0 Å². The number of carbonyl (C=O) groups excluding carboxylic acids is 1. The summed E-state index contributed by atoms with van der Waals surface area (Å²) in [7, 11) is 0. The average molecular weight is 253 g/mol. The van der Waals surface area contributed by atoms with E-state index in [4.69, 9.17) is 0 Å². The van der Waals surface area contributed by atoms with Crippen molar-refractivity contribution in [2.45, 2.75) is 6.92 Å². The highest BCUT2D eigenvalue weighted by molar-refractivity contribution is 7.99. The van der Waals surface area contributed by atoms with E-state index in [-0.39, 0.29) is 11.7 Å². The van der Waals surface area contributed by atoms with E-state index >= 15 is 0 Å². The van der Waals surface area contributed by atoms with Crippen LogP contribution in [0.15, 0.2) is 30.9 Å². The molecular weight excluding hydrogens is 237 g/mol. The smallest absolute Gasteiger partial charge is 0.251 e. The lowest BCUT2D eigenvalue weighted by molar-refractivity contribution is 0.0955. The van der Waals surface area contributed by atoms with Crippen LogP contribution in [0.1, 0.15) is 15.9 Å². The summed E-state index contributed by atoms with van der Waals surface area (Å²) >= 11 is 1.70. The van der Waals surface area contributed by atoms with Crippen molar-refractivity contribution in [3.8, 4) is 0 Å². The van der Waals surface area contributed by atoms with Gasteiger partial charge in [0.05, 0.1) is 0 Å². The van der Waals surface area contributed by atoms with Crippen LogP contribution in [0.3, 0.4) is 0 Å². The highest BCUT2D eigenvalue weighted by Gasteiger charge is 2.08. The average Bonchev–Trinajstić information content (AvgIpc) is 2.28. The van der Waals surface area contributed by atoms with Crippen LogP contribution < -0.4 is 5.32 Å². The van der Waals surface area contributed by atoms with Crippen molar-refractivity contribution in [1.82, 2.24) is 5.32 Å². The fraction of sp³-hybridized carbons (Fsp3) is 0.308. The molecule has 0 aliphatic heterocycles. The van der Waals surface area contributed by atoms with E-state index < -0.39 is 0 Å². The molecule has 0 fully saturated rings. The molecule has 0 saturated heterocycles. The molecule has 2 nitrogen and oxygen atoms in total. The van der Waals surface area contributed by atoms with Gasteiger partial charge in [0.2, 0.25) is 0 Å². The van der Waals surface area contributed by atoms with Crippen LogP contribution in [0, 0.1) is 12.7 Å². The first-order valence-electron chi connectivity index (χ1n) is 5.38. The third-order valence-electron chi connectivity index (χ3n) is 2.20. The van der Waals surface area contributed by atoms with Crippen LogP contribution in [0.25, 0.3) is 0 Å². The van der Waals surface area contributed by atoms with Gasteiger partial charge in [-0.05, 0) is 30.7 Å². The predicted molar refractivity (Wildman–Crippen MR) is 71.0 cm³/mol. The van der Waals surface area contributed by atoms with E-state index in [1.165, 1.54) is 18.2 Å². The van der Waals surface area contributed by atoms with Gasteiger partial charge in [-0.15, -0.1) is 6.58 Å². The molecule has 0 aliphatic rings. The van der Waals surface area contributed by atoms with E-state index in [1.807, 2.05) is 6.08 Å². The fourth-order valence-electron chi connectivity index (χ4n) is 1.38. The number of hydrogen-bond acceptors (Lipinski definition) is 2. The van der Waals surface area contributed by atoms with Crippen LogP contribution >= 0.6 is 11.8 Å². The largest absolute Gasteiger partial charge is 0.351 e. The molecule has 1 aromatic rings. The topological polar surface area (TPSA) is 29.1 Å². The van der Waals surface area contributed by atoms with E-state index in [2.05, 4.69) is 11.9 Å². The van der Waals surface area contributed by atoms with Gasteiger partial charge in [-0.25, -0.2) is 4.39 Å². The van der Waals surface area contributed by atoms with Gasteiger partial charge >= 0.3 is 0 Å². The molecule has 1 aromatic carbocycles. The summed E-state index contributed by atoms with van der Waals surface area (Å²) in [5.41, 5.74) is 1.18. The van der Waals surface area contributed by atoms with Crippen LogP contribution in [0.2, 0.25) is 0 Å². The van der Waals surface area contributed by atoms with E-state index in [9.17, 15) is 9.18 Å². The Morgan fingerprint density at radius 1 is 1.59 bits per heavy atom. The molecule has 0 aliphatic carbocycles. The van der Waals surface area contributed by atoms with Crippen LogP contribution in [0.5, 0.6) is 0 Å². The van der Waals surface area contributed by atoms with E-state index in [0.29, 0.717) is 17.7 Å². The highest BCUT2D eigenvalue weighted by Crippen LogP contribution is 2.09. The number of nitrogens with one attached hydrogen (secondary N) is 1. The van der Waals surface area contributed by atoms with Gasteiger partial charge in [-0.2, -0.15) is 11.8 Å². The molecule has 17 heavy (non-hydrogen) atoms. The fourth-order valence-corrected chi connectivity index (χ4v) is 1.96. The van der Waals surface area contributed by atoms with Crippen LogP contribution in [-0.2, 0) is 0 Å². The van der Waals surface area contributed by atoms with Crippen molar-refractivity contribution < 1.29 is 9.18 Å². The standard InChI is InChI=1S/C13H16FNOS/c1-3-7-17-8-6-15-13(16)12-5-4-11(14)9-10(12)2/h3-5,9H,1,6-8H2,2H3,(H,15,16). The number of benzene rings is 1. The first-order valence-corrected chi connectivity index (χ1v) is 6.53. The van der Waals surface area contributed by atoms with Gasteiger partial charge in [0.25, 0.3) is 5.91 Å². The quantitative estimate of drug-likeness (QED) is 0.624. The Kier molecular flexibility index (Phi) is 5.77. The van der Waals surface area contributed by atoms with Gasteiger partial charge < -0.3 is 5.32 Å². The molecule has 0 heterocycles. The summed E-state index contributed by atoms with van der Waals surface area (Å²) in [6.45, 7) is 5.95. The highest BCUT2D eigenvalue weighted by atomic mass is 32.2. The van der Waals surface area contributed by atoms with Crippen LogP contribution in [-0.4, -0.2) is 24.0 Å². The maximum atomic E-state index is 12.9. The Hall–Kier alpha value is -1.29. The van der Waals surface area contributed by atoms with E-state index in [1.54, 1.807) is 18.7 Å². The second kappa shape index (κ2) is 7.12. The Morgan fingerprint density at radius 3 is 3.00 bits per heavy atom. The first kappa shape index (κ1) is 13.8. The second-order valence-electron chi connectivity index (χ2n) is 3.58. The number of amides is 1. The molecule has 1 rings (SSSR count). The molecule has 92 valence electrons. The number of hydrogen-bond donors (Lipinski definition) is 1. The molecule has 0 atom stereocenters. The minimum Gasteiger partial charge on any atom is -0.351 e. The summed E-state index contributed by atoms with van der Waals surface area (Å²) < 4.78 is 12.9. The minimum absolute atomic E-state index is 0.151. The lowest BCUT2D eigenvalue weighted by atomic mass is 10.1. The number of rotatable bonds is 6. The molecule has 0 bridgehead atoms. The first-order chi connectivity index (χ1) is 8.15. The number of aryl methyl sites for hydroxylation is 1. The Balaban J connectivity index is 2.44. The van der Waals surface area contributed by atoms with Crippen molar-refractivity contribution in [1.29, 1.82) is 0 Å². The molecule has 1 amide bonds. The van der Waals surface area contributed by atoms with Gasteiger partial charge in [0.15, 0.2) is 0 Å². The van der Waals surface area contributed by atoms with Gasteiger partial charge in [-0.1, -0.05) is 6.08 Å². The summed E-state index contributed by atoms with van der Waals surface area (Å²) in [6.07, 6.45) is 1.83. The van der Waals surface area contributed by atoms with Gasteiger partial charge in [0, 0.05) is 23.6 Å². The lowest BCUT2D eigenvalue weighted by Gasteiger charge is -2.07. The van der Waals surface area contributed by atoms with Crippen molar-refractivity contribution in [3.05, 3.63) is 47.8 Å². The predicted octanol–water partition coefficient (Wildman–Crippen LogP) is 2.78. The Bertz CT molecular complexity index is 406. The molecular formula is C13H16FNOS. The van der Waals surface area contributed by atoms with Crippen molar-refractivity contribution in [2.75, 3.05) is 18.1 Å². The number of carbonyl (C=O) groups is 1.